The van der Waals surface area contributed by atoms with E-state index in [0.717, 1.165) is 56.7 Å². The molecule has 7 heteroatoms. The molecule has 6 nitrogen and oxygen atoms in total. The van der Waals surface area contributed by atoms with Crippen molar-refractivity contribution in [3.63, 3.8) is 0 Å². The van der Waals surface area contributed by atoms with E-state index in [4.69, 9.17) is 0 Å². The third kappa shape index (κ3) is 6.48. The molecule has 0 aromatic heterocycles. The highest BCUT2D eigenvalue weighted by Gasteiger charge is 2.42. The van der Waals surface area contributed by atoms with Crippen molar-refractivity contribution in [2.45, 2.75) is 57.4 Å². The van der Waals surface area contributed by atoms with Gasteiger partial charge in [0.1, 0.15) is 0 Å². The van der Waals surface area contributed by atoms with Gasteiger partial charge in [-0.1, -0.05) is 12.8 Å². The van der Waals surface area contributed by atoms with Gasteiger partial charge in [-0.2, -0.15) is 0 Å². The molecule has 27 heavy (non-hydrogen) atoms. The van der Waals surface area contributed by atoms with Gasteiger partial charge < -0.3 is 15.5 Å². The molecule has 0 saturated heterocycles. The van der Waals surface area contributed by atoms with Crippen molar-refractivity contribution in [3.8, 4) is 0 Å². The van der Waals surface area contributed by atoms with Crippen LogP contribution in [0.3, 0.4) is 0 Å². The molecule has 0 unspecified atom stereocenters. The van der Waals surface area contributed by atoms with E-state index < -0.39 is 0 Å². The van der Waals surface area contributed by atoms with Crippen LogP contribution in [0.2, 0.25) is 0 Å². The minimum absolute atomic E-state index is 0. The molecule has 0 bridgehead atoms. The molecule has 0 spiro atoms. The quantitative estimate of drug-likeness (QED) is 0.295. The highest BCUT2D eigenvalue weighted by Crippen LogP contribution is 2.39. The van der Waals surface area contributed by atoms with Crippen LogP contribution >= 0.6 is 24.0 Å². The van der Waals surface area contributed by atoms with Gasteiger partial charge in [0.15, 0.2) is 5.96 Å². The van der Waals surface area contributed by atoms with Crippen molar-refractivity contribution < 1.29 is 4.79 Å². The lowest BCUT2D eigenvalue weighted by molar-refractivity contribution is -0.138. The van der Waals surface area contributed by atoms with Crippen LogP contribution in [0, 0.1) is 11.3 Å². The standard InChI is InChI=1S/C20H37N5O.HI/c1-21-19(22-12-13-25(17-8-9-17)14-16-6-7-16)23-15-20(10-4-5-11-20)18(26)24(2)3;/h16-17H,4-15H2,1-3H3,(H2,21,22,23);1H. The molecule has 3 aliphatic rings. The molecule has 156 valence electrons. The summed E-state index contributed by atoms with van der Waals surface area (Å²) in [6, 6.07) is 0.826. The van der Waals surface area contributed by atoms with Gasteiger partial charge in [-0.15, -0.1) is 24.0 Å². The SMILES string of the molecule is CN=C(NCCN(CC1CC1)C1CC1)NCC1(C(=O)N(C)C)CCCC1.I. The average Bonchev–Trinajstić information content (AvgIpc) is 3.55. The van der Waals surface area contributed by atoms with E-state index in [1.807, 2.05) is 21.1 Å². The molecule has 1 amide bonds. The van der Waals surface area contributed by atoms with E-state index in [-0.39, 0.29) is 35.3 Å². The molecule has 0 aromatic rings. The highest BCUT2D eigenvalue weighted by molar-refractivity contribution is 14.0. The van der Waals surface area contributed by atoms with Gasteiger partial charge in [0, 0.05) is 53.4 Å². The first kappa shape index (κ1) is 22.7. The first-order chi connectivity index (χ1) is 12.5. The molecule has 3 aliphatic carbocycles. The van der Waals surface area contributed by atoms with Crippen molar-refractivity contribution in [2.75, 3.05) is 47.3 Å². The number of hydrogen-bond donors (Lipinski definition) is 2. The predicted molar refractivity (Wildman–Crippen MR) is 122 cm³/mol. The van der Waals surface area contributed by atoms with E-state index in [1.54, 1.807) is 4.90 Å². The zero-order valence-corrected chi connectivity index (χ0v) is 19.6. The predicted octanol–water partition coefficient (Wildman–Crippen LogP) is 2.29. The summed E-state index contributed by atoms with van der Waals surface area (Å²) in [5.41, 5.74) is -0.257. The fourth-order valence-corrected chi connectivity index (χ4v) is 4.28. The lowest BCUT2D eigenvalue weighted by atomic mass is 9.84. The Labute approximate surface area is 181 Å². The van der Waals surface area contributed by atoms with E-state index in [9.17, 15) is 4.79 Å². The van der Waals surface area contributed by atoms with Crippen LogP contribution in [0.15, 0.2) is 4.99 Å². The number of guanidine groups is 1. The fourth-order valence-electron chi connectivity index (χ4n) is 4.28. The number of rotatable bonds is 9. The second kappa shape index (κ2) is 10.3. The maximum atomic E-state index is 12.7. The van der Waals surface area contributed by atoms with Crippen LogP contribution in [0.25, 0.3) is 0 Å². The summed E-state index contributed by atoms with van der Waals surface area (Å²) in [6.45, 7) is 3.96. The number of carbonyl (C=O) groups excluding carboxylic acids is 1. The maximum Gasteiger partial charge on any atom is 0.230 e. The molecular formula is C20H38IN5O. The Morgan fingerprint density at radius 2 is 1.78 bits per heavy atom. The van der Waals surface area contributed by atoms with Gasteiger partial charge in [-0.3, -0.25) is 14.7 Å². The molecule has 0 atom stereocenters. The molecule has 3 saturated carbocycles. The summed E-state index contributed by atoms with van der Waals surface area (Å²) in [5.74, 6) is 2.03. The number of nitrogens with zero attached hydrogens (tertiary/aromatic N) is 3. The van der Waals surface area contributed by atoms with Gasteiger partial charge in [-0.25, -0.2) is 0 Å². The highest BCUT2D eigenvalue weighted by atomic mass is 127. The Morgan fingerprint density at radius 1 is 1.11 bits per heavy atom. The van der Waals surface area contributed by atoms with Crippen LogP contribution in [0.1, 0.15) is 51.4 Å². The Balaban J connectivity index is 0.00000261. The van der Waals surface area contributed by atoms with Gasteiger partial charge in [0.2, 0.25) is 5.91 Å². The lowest BCUT2D eigenvalue weighted by Crippen LogP contribution is -2.50. The van der Waals surface area contributed by atoms with Gasteiger partial charge >= 0.3 is 0 Å². The smallest absolute Gasteiger partial charge is 0.230 e. The zero-order valence-electron chi connectivity index (χ0n) is 17.3. The normalized spacial score (nSPS) is 21.7. The van der Waals surface area contributed by atoms with E-state index in [2.05, 4.69) is 20.5 Å². The Morgan fingerprint density at radius 3 is 2.30 bits per heavy atom. The third-order valence-electron chi connectivity index (χ3n) is 6.18. The van der Waals surface area contributed by atoms with Gasteiger partial charge in [-0.05, 0) is 44.4 Å². The minimum atomic E-state index is -0.257. The zero-order chi connectivity index (χ0) is 18.6. The van der Waals surface area contributed by atoms with Crippen LogP contribution in [0.5, 0.6) is 0 Å². The first-order valence-electron chi connectivity index (χ1n) is 10.4. The topological polar surface area (TPSA) is 60.0 Å². The second-order valence-corrected chi connectivity index (χ2v) is 8.71. The molecule has 0 heterocycles. The Hall–Kier alpha value is -0.570. The second-order valence-electron chi connectivity index (χ2n) is 8.71. The average molecular weight is 491 g/mol. The van der Waals surface area contributed by atoms with Crippen LogP contribution in [-0.2, 0) is 4.79 Å². The summed E-state index contributed by atoms with van der Waals surface area (Å²) in [6.07, 6.45) is 9.82. The first-order valence-corrected chi connectivity index (χ1v) is 10.4. The summed E-state index contributed by atoms with van der Waals surface area (Å²) < 4.78 is 0. The summed E-state index contributed by atoms with van der Waals surface area (Å²) in [7, 11) is 5.54. The van der Waals surface area contributed by atoms with Gasteiger partial charge in [0.25, 0.3) is 0 Å². The monoisotopic (exact) mass is 491 g/mol. The largest absolute Gasteiger partial charge is 0.355 e. The van der Waals surface area contributed by atoms with E-state index in [0.29, 0.717) is 6.54 Å². The van der Waals surface area contributed by atoms with Crippen LogP contribution in [0.4, 0.5) is 0 Å². The Kier molecular flexibility index (Phi) is 8.65. The molecule has 0 aliphatic heterocycles. The van der Waals surface area contributed by atoms with Crippen molar-refractivity contribution in [3.05, 3.63) is 0 Å². The molecule has 3 fully saturated rings. The molecule has 0 radical (unpaired) electrons. The number of aliphatic imine (C=N–C) groups is 1. The number of carbonyl (C=O) groups is 1. The van der Waals surface area contributed by atoms with Crippen molar-refractivity contribution in [1.82, 2.24) is 20.4 Å². The number of halogens is 1. The molecule has 3 rings (SSSR count). The molecule has 2 N–H and O–H groups in total. The number of nitrogens with one attached hydrogen (secondary N) is 2. The summed E-state index contributed by atoms with van der Waals surface area (Å²) in [4.78, 5) is 21.4. The van der Waals surface area contributed by atoms with Crippen LogP contribution in [-0.4, -0.2) is 75.0 Å². The van der Waals surface area contributed by atoms with E-state index >= 15 is 0 Å². The Bertz CT molecular complexity index is 511. The fraction of sp³-hybridized carbons (Fsp3) is 0.900. The van der Waals surface area contributed by atoms with Crippen molar-refractivity contribution >= 4 is 35.8 Å². The van der Waals surface area contributed by atoms with E-state index in [1.165, 1.54) is 32.2 Å². The lowest BCUT2D eigenvalue weighted by Gasteiger charge is -2.31. The maximum absolute atomic E-state index is 12.7. The van der Waals surface area contributed by atoms with Gasteiger partial charge in [0.05, 0.1) is 5.41 Å². The number of amides is 1. The summed E-state index contributed by atoms with van der Waals surface area (Å²) >= 11 is 0. The molecular weight excluding hydrogens is 453 g/mol. The van der Waals surface area contributed by atoms with Crippen LogP contribution < -0.4 is 10.6 Å². The number of hydrogen-bond acceptors (Lipinski definition) is 3. The minimum Gasteiger partial charge on any atom is -0.355 e. The van der Waals surface area contributed by atoms with Crippen molar-refractivity contribution in [2.24, 2.45) is 16.3 Å². The third-order valence-corrected chi connectivity index (χ3v) is 6.18. The van der Waals surface area contributed by atoms with Crippen molar-refractivity contribution in [1.29, 1.82) is 0 Å². The molecule has 0 aromatic carbocycles. The summed E-state index contributed by atoms with van der Waals surface area (Å²) in [5, 5.41) is 6.89.